The Hall–Kier alpha value is -4.31. The number of hydrogen-bond donors (Lipinski definition) is 2. The van der Waals surface area contributed by atoms with Gasteiger partial charge in [0.1, 0.15) is 5.70 Å². The molecular formula is C25H19BrN3O6-. The van der Waals surface area contributed by atoms with Gasteiger partial charge in [-0.25, -0.2) is 0 Å². The minimum Gasteiger partial charge on any atom is -0.548 e. The Morgan fingerprint density at radius 2 is 1.69 bits per heavy atom. The molecule has 35 heavy (non-hydrogen) atoms. The summed E-state index contributed by atoms with van der Waals surface area (Å²) in [5, 5.41) is 27.7. The lowest BCUT2D eigenvalue weighted by Crippen LogP contribution is -2.50. The van der Waals surface area contributed by atoms with Crippen LogP contribution >= 0.6 is 15.9 Å². The highest BCUT2D eigenvalue weighted by molar-refractivity contribution is 9.10. The quantitative estimate of drug-likeness (QED) is 0.244. The number of aliphatic carboxylic acids is 1. The summed E-state index contributed by atoms with van der Waals surface area (Å²) in [7, 11) is 0. The lowest BCUT2D eigenvalue weighted by Gasteiger charge is -2.21. The average Bonchev–Trinajstić information content (AvgIpc) is 2.83. The van der Waals surface area contributed by atoms with Crippen LogP contribution in [0.4, 0.5) is 5.69 Å². The van der Waals surface area contributed by atoms with E-state index in [0.29, 0.717) is 10.0 Å². The minimum absolute atomic E-state index is 0.0431. The molecule has 0 unspecified atom stereocenters. The van der Waals surface area contributed by atoms with Gasteiger partial charge >= 0.3 is 0 Å². The summed E-state index contributed by atoms with van der Waals surface area (Å²) >= 11 is 3.27. The molecule has 3 aromatic carbocycles. The number of amides is 2. The maximum Gasteiger partial charge on any atom is 0.270 e. The molecule has 0 aromatic heterocycles. The maximum atomic E-state index is 13.1. The lowest BCUT2D eigenvalue weighted by molar-refractivity contribution is -0.384. The summed E-state index contributed by atoms with van der Waals surface area (Å²) in [6.45, 7) is 0. The Morgan fingerprint density at radius 1 is 0.971 bits per heavy atom. The number of halogens is 1. The lowest BCUT2D eigenvalue weighted by atomic mass is 10.1. The van der Waals surface area contributed by atoms with Crippen molar-refractivity contribution in [1.29, 1.82) is 0 Å². The number of benzene rings is 3. The van der Waals surface area contributed by atoms with Gasteiger partial charge in [0.05, 0.1) is 16.9 Å². The fourth-order valence-corrected chi connectivity index (χ4v) is 3.56. The molecule has 0 fully saturated rings. The van der Waals surface area contributed by atoms with Crippen LogP contribution in [0.2, 0.25) is 0 Å². The largest absolute Gasteiger partial charge is 0.548 e. The number of nitro groups is 1. The van der Waals surface area contributed by atoms with Gasteiger partial charge in [-0.2, -0.15) is 0 Å². The molecule has 0 heterocycles. The van der Waals surface area contributed by atoms with E-state index in [9.17, 15) is 29.6 Å². The van der Waals surface area contributed by atoms with Crippen molar-refractivity contribution >= 4 is 45.5 Å². The number of carbonyl (C=O) groups excluding carboxylic acids is 3. The van der Waals surface area contributed by atoms with Gasteiger partial charge < -0.3 is 20.5 Å². The first-order valence-corrected chi connectivity index (χ1v) is 11.1. The number of hydrogen-bond acceptors (Lipinski definition) is 6. The highest BCUT2D eigenvalue weighted by atomic mass is 79.9. The molecule has 0 bridgehead atoms. The van der Waals surface area contributed by atoms with E-state index in [-0.39, 0.29) is 28.9 Å². The molecule has 2 amide bonds. The summed E-state index contributed by atoms with van der Waals surface area (Å²) in [4.78, 5) is 48.1. The van der Waals surface area contributed by atoms with Crippen molar-refractivity contribution in [2.45, 2.75) is 12.5 Å². The molecule has 0 aliphatic carbocycles. The van der Waals surface area contributed by atoms with E-state index in [1.54, 1.807) is 42.5 Å². The third-order valence-corrected chi connectivity index (χ3v) is 5.34. The molecule has 3 rings (SSSR count). The van der Waals surface area contributed by atoms with Gasteiger partial charge in [0, 0.05) is 22.2 Å². The zero-order valence-corrected chi connectivity index (χ0v) is 19.7. The number of non-ortho nitro benzene ring substituents is 1. The van der Waals surface area contributed by atoms with Gasteiger partial charge in [0.25, 0.3) is 17.5 Å². The first-order chi connectivity index (χ1) is 16.7. The van der Waals surface area contributed by atoms with Crippen molar-refractivity contribution < 1.29 is 24.4 Å². The van der Waals surface area contributed by atoms with E-state index in [1.165, 1.54) is 42.5 Å². The van der Waals surface area contributed by atoms with Crippen LogP contribution in [-0.2, 0) is 16.0 Å². The number of carboxylic acids is 1. The summed E-state index contributed by atoms with van der Waals surface area (Å²) in [6.07, 6.45) is 1.19. The van der Waals surface area contributed by atoms with Gasteiger partial charge in [-0.15, -0.1) is 0 Å². The van der Waals surface area contributed by atoms with Crippen LogP contribution in [0.25, 0.3) is 6.08 Å². The van der Waals surface area contributed by atoms with Gasteiger partial charge in [-0.05, 0) is 41.8 Å². The molecule has 0 aliphatic heterocycles. The van der Waals surface area contributed by atoms with Gasteiger partial charge in [0.2, 0.25) is 0 Å². The van der Waals surface area contributed by atoms with Gasteiger partial charge in [-0.1, -0.05) is 64.5 Å². The molecule has 9 nitrogen and oxygen atoms in total. The molecule has 0 aliphatic rings. The first kappa shape index (κ1) is 25.3. The molecule has 1 atom stereocenters. The molecule has 3 aromatic rings. The van der Waals surface area contributed by atoms with Crippen LogP contribution in [0, 0.1) is 10.1 Å². The van der Waals surface area contributed by atoms with Crippen LogP contribution in [0.3, 0.4) is 0 Å². The summed E-state index contributed by atoms with van der Waals surface area (Å²) < 4.78 is 0.638. The number of nitrogens with one attached hydrogen (secondary N) is 2. The van der Waals surface area contributed by atoms with E-state index >= 15 is 0 Å². The highest BCUT2D eigenvalue weighted by Gasteiger charge is 2.20. The Morgan fingerprint density at radius 3 is 2.34 bits per heavy atom. The Bertz CT molecular complexity index is 1290. The second-order valence-corrected chi connectivity index (χ2v) is 8.33. The molecule has 178 valence electrons. The van der Waals surface area contributed by atoms with Crippen molar-refractivity contribution in [1.82, 2.24) is 10.6 Å². The third-order valence-electron chi connectivity index (χ3n) is 4.84. The summed E-state index contributed by atoms with van der Waals surface area (Å²) in [5.41, 5.74) is 0.637. The predicted molar refractivity (Wildman–Crippen MR) is 130 cm³/mol. The molecule has 2 N–H and O–H groups in total. The fourth-order valence-electron chi connectivity index (χ4n) is 3.16. The SMILES string of the molecule is O=C(N[C@@H](Cc1ccccc1)C(=O)[O-])/C(=C/c1cccc([N+](=O)[O-])c1)NC(=O)c1cccc(Br)c1. The topological polar surface area (TPSA) is 141 Å². The Kier molecular flexibility index (Phi) is 8.47. The monoisotopic (exact) mass is 536 g/mol. The van der Waals surface area contributed by atoms with Crippen LogP contribution < -0.4 is 15.7 Å². The van der Waals surface area contributed by atoms with E-state index in [4.69, 9.17) is 0 Å². The minimum atomic E-state index is -1.50. The third kappa shape index (κ3) is 7.34. The number of carbonyl (C=O) groups is 3. The zero-order chi connectivity index (χ0) is 25.4. The van der Waals surface area contributed by atoms with E-state index in [0.717, 1.165) is 0 Å². The van der Waals surface area contributed by atoms with Gasteiger partial charge in [0.15, 0.2) is 0 Å². The maximum absolute atomic E-state index is 13.1. The van der Waals surface area contributed by atoms with Crippen LogP contribution in [0.5, 0.6) is 0 Å². The second-order valence-electron chi connectivity index (χ2n) is 7.41. The molecule has 0 spiro atoms. The van der Waals surface area contributed by atoms with Crippen molar-refractivity contribution in [3.05, 3.63) is 116 Å². The molecule has 0 saturated carbocycles. The molecule has 10 heteroatoms. The van der Waals surface area contributed by atoms with E-state index in [2.05, 4.69) is 26.6 Å². The number of nitrogens with zero attached hydrogens (tertiary/aromatic N) is 1. The van der Waals surface area contributed by atoms with Crippen molar-refractivity contribution in [2.75, 3.05) is 0 Å². The smallest absolute Gasteiger partial charge is 0.270 e. The van der Waals surface area contributed by atoms with Crippen molar-refractivity contribution in [3.63, 3.8) is 0 Å². The molecular weight excluding hydrogens is 518 g/mol. The standard InChI is InChI=1S/C25H20BrN3O6/c26-19-10-5-9-18(15-19)23(30)27-21(14-17-8-4-11-20(12-17)29(34)35)24(31)28-22(25(32)33)13-16-6-2-1-3-7-16/h1-12,14-15,22H,13H2,(H,27,30)(H,28,31)(H,32,33)/p-1/b21-14-/t22-/m0/s1. The van der Waals surface area contributed by atoms with Gasteiger partial charge in [-0.3, -0.25) is 19.7 Å². The average molecular weight is 537 g/mol. The predicted octanol–water partition coefficient (Wildman–Crippen LogP) is 2.61. The fraction of sp³-hybridized carbons (Fsp3) is 0.0800. The van der Waals surface area contributed by atoms with Crippen molar-refractivity contribution in [2.24, 2.45) is 0 Å². The van der Waals surface area contributed by atoms with Crippen molar-refractivity contribution in [3.8, 4) is 0 Å². The normalized spacial score (nSPS) is 11.9. The van der Waals surface area contributed by atoms with Crippen LogP contribution in [0.1, 0.15) is 21.5 Å². The highest BCUT2D eigenvalue weighted by Crippen LogP contribution is 2.17. The Labute approximate surface area is 208 Å². The Balaban J connectivity index is 1.92. The van der Waals surface area contributed by atoms with E-state index < -0.39 is 28.7 Å². The number of rotatable bonds is 9. The summed E-state index contributed by atoms with van der Waals surface area (Å²) in [6, 6.07) is 19.1. The number of carboxylic acid groups (broad SMARTS) is 1. The molecule has 0 radical (unpaired) electrons. The number of nitro benzene ring substituents is 1. The first-order valence-electron chi connectivity index (χ1n) is 10.3. The van der Waals surface area contributed by atoms with Crippen LogP contribution in [-0.4, -0.2) is 28.7 Å². The van der Waals surface area contributed by atoms with Crippen LogP contribution in [0.15, 0.2) is 89.0 Å². The van der Waals surface area contributed by atoms with E-state index in [1.807, 2.05) is 0 Å². The zero-order valence-electron chi connectivity index (χ0n) is 18.1. The summed E-state index contributed by atoms with van der Waals surface area (Å²) in [5.74, 6) is -3.04. The molecule has 0 saturated heterocycles. The second kappa shape index (κ2) is 11.7.